The summed E-state index contributed by atoms with van der Waals surface area (Å²) >= 11 is 7.85. The highest BCUT2D eigenvalue weighted by molar-refractivity contribution is 7.98. The predicted octanol–water partition coefficient (Wildman–Crippen LogP) is 6.79. The summed E-state index contributed by atoms with van der Waals surface area (Å²) in [6, 6.07) is 15.1. The lowest BCUT2D eigenvalue weighted by Crippen LogP contribution is -2.32. The fourth-order valence-corrected chi connectivity index (χ4v) is 5.98. The second-order valence-corrected chi connectivity index (χ2v) is 10.6. The van der Waals surface area contributed by atoms with E-state index < -0.39 is 6.04 Å². The van der Waals surface area contributed by atoms with Gasteiger partial charge in [0.1, 0.15) is 17.9 Å². The van der Waals surface area contributed by atoms with E-state index in [9.17, 15) is 4.79 Å². The molecule has 2 aromatic carbocycles. The Morgan fingerprint density at radius 3 is 2.76 bits per heavy atom. The number of anilines is 1. The zero-order chi connectivity index (χ0) is 25.8. The van der Waals surface area contributed by atoms with E-state index in [2.05, 4.69) is 5.32 Å². The number of benzene rings is 2. The topological polar surface area (TPSA) is 78.3 Å². The summed E-state index contributed by atoms with van der Waals surface area (Å²) in [6.45, 7) is 4.40. The number of fused-ring (bicyclic) bond motifs is 1. The second kappa shape index (κ2) is 11.6. The van der Waals surface area contributed by atoms with E-state index in [1.807, 2.05) is 62.4 Å². The highest BCUT2D eigenvalue weighted by atomic mass is 35.5. The number of halogens is 1. The molecule has 1 aliphatic carbocycles. The number of nitrogens with one attached hydrogen (secondary N) is 1. The third-order valence-electron chi connectivity index (χ3n) is 6.68. The number of hydrogen-bond acceptors (Lipinski definition) is 7. The summed E-state index contributed by atoms with van der Waals surface area (Å²) < 4.78 is 13.6. The van der Waals surface area contributed by atoms with Crippen LogP contribution < -0.4 is 10.1 Å². The minimum atomic E-state index is -0.491. The number of nitrogens with zero attached hydrogens (tertiary/aromatic N) is 3. The highest BCUT2D eigenvalue weighted by Crippen LogP contribution is 2.39. The molecule has 1 unspecified atom stereocenters. The van der Waals surface area contributed by atoms with Gasteiger partial charge >= 0.3 is 5.97 Å². The van der Waals surface area contributed by atoms with Gasteiger partial charge in [0.05, 0.1) is 12.2 Å². The molecule has 9 heteroatoms. The van der Waals surface area contributed by atoms with Gasteiger partial charge < -0.3 is 14.8 Å². The maximum Gasteiger partial charge on any atom is 0.338 e. The van der Waals surface area contributed by atoms with Crippen LogP contribution in [0.3, 0.4) is 0 Å². The third kappa shape index (κ3) is 5.80. The Morgan fingerprint density at radius 1 is 1.16 bits per heavy atom. The van der Waals surface area contributed by atoms with E-state index in [1.165, 1.54) is 18.2 Å². The number of allylic oxidation sites excluding steroid dienone is 1. The van der Waals surface area contributed by atoms with Crippen LogP contribution in [-0.4, -0.2) is 33.4 Å². The van der Waals surface area contributed by atoms with Crippen LogP contribution in [0.5, 0.6) is 5.75 Å². The number of carbonyl (C=O) groups is 1. The number of aromatic nitrogens is 3. The molecule has 3 aromatic rings. The maximum absolute atomic E-state index is 13.6. The largest absolute Gasteiger partial charge is 0.494 e. The Morgan fingerprint density at radius 2 is 1.97 bits per heavy atom. The monoisotopic (exact) mass is 538 g/mol. The average molecular weight is 539 g/mol. The standard InChI is InChI=1S/C28H31ClN4O3S/c1-3-35-22-14-9-11-19(16-22)25-24(26(34)36-21-12-5-4-6-13-21)18(2)30-27-31-28(32-33(25)27)37-17-20-10-7-8-15-23(20)29/h7-11,14-16,21,25H,3-6,12-13,17H2,1-2H3,(H,30,31,32). The minimum Gasteiger partial charge on any atom is -0.494 e. The zero-order valence-corrected chi connectivity index (χ0v) is 22.6. The lowest BCUT2D eigenvalue weighted by Gasteiger charge is -2.30. The highest BCUT2D eigenvalue weighted by Gasteiger charge is 2.36. The number of thioether (sulfide) groups is 1. The van der Waals surface area contributed by atoms with Crippen LogP contribution in [0.1, 0.15) is 63.1 Å². The molecule has 0 saturated heterocycles. The van der Waals surface area contributed by atoms with Crippen LogP contribution in [0.4, 0.5) is 5.95 Å². The summed E-state index contributed by atoms with van der Waals surface area (Å²) in [4.78, 5) is 18.3. The lowest BCUT2D eigenvalue weighted by molar-refractivity contribution is -0.146. The molecular weight excluding hydrogens is 508 g/mol. The first-order chi connectivity index (χ1) is 18.0. The van der Waals surface area contributed by atoms with Crippen molar-refractivity contribution in [3.63, 3.8) is 0 Å². The number of carbonyl (C=O) groups excluding carboxylic acids is 1. The van der Waals surface area contributed by atoms with Gasteiger partial charge in [-0.05, 0) is 68.9 Å². The molecule has 2 heterocycles. The van der Waals surface area contributed by atoms with Gasteiger partial charge in [-0.1, -0.05) is 60.1 Å². The molecule has 1 aliphatic heterocycles. The van der Waals surface area contributed by atoms with E-state index in [4.69, 9.17) is 31.2 Å². The van der Waals surface area contributed by atoms with Crippen LogP contribution in [0.2, 0.25) is 5.02 Å². The van der Waals surface area contributed by atoms with Gasteiger partial charge in [0.15, 0.2) is 0 Å². The fourth-order valence-electron chi connectivity index (χ4n) is 4.86. The molecule has 5 rings (SSSR count). The molecule has 0 amide bonds. The van der Waals surface area contributed by atoms with Crippen LogP contribution >= 0.6 is 23.4 Å². The van der Waals surface area contributed by atoms with Gasteiger partial charge in [-0.2, -0.15) is 4.98 Å². The summed E-state index contributed by atoms with van der Waals surface area (Å²) in [6.07, 6.45) is 5.15. The normalized spacial score (nSPS) is 17.8. The first-order valence-electron chi connectivity index (χ1n) is 12.8. The summed E-state index contributed by atoms with van der Waals surface area (Å²) in [5.74, 6) is 1.65. The molecule has 0 bridgehead atoms. The average Bonchev–Trinajstić information content (AvgIpc) is 3.30. The molecule has 0 spiro atoms. The Hall–Kier alpha value is -2.97. The lowest BCUT2D eigenvalue weighted by atomic mass is 9.94. The van der Waals surface area contributed by atoms with Crippen molar-refractivity contribution in [1.29, 1.82) is 0 Å². The first-order valence-corrected chi connectivity index (χ1v) is 14.1. The second-order valence-electron chi connectivity index (χ2n) is 9.28. The third-order valence-corrected chi connectivity index (χ3v) is 7.93. The van der Waals surface area contributed by atoms with Gasteiger partial charge in [0.25, 0.3) is 0 Å². The molecule has 1 atom stereocenters. The van der Waals surface area contributed by atoms with Gasteiger partial charge in [0.2, 0.25) is 11.1 Å². The van der Waals surface area contributed by atoms with Crippen LogP contribution in [0, 0.1) is 0 Å². The smallest absolute Gasteiger partial charge is 0.338 e. The molecular formula is C28H31ClN4O3S. The summed E-state index contributed by atoms with van der Waals surface area (Å²) in [5.41, 5.74) is 3.16. The SMILES string of the molecule is CCOc1cccc(C2C(C(=O)OC3CCCCC3)=C(C)Nc3nc(SCc4ccccc4Cl)nn32)c1. The Labute approximate surface area is 226 Å². The summed E-state index contributed by atoms with van der Waals surface area (Å²) in [7, 11) is 0. The first kappa shape index (κ1) is 25.7. The molecule has 2 aliphatic rings. The van der Waals surface area contributed by atoms with Crippen molar-refractivity contribution in [1.82, 2.24) is 14.8 Å². The van der Waals surface area contributed by atoms with Crippen LogP contribution in [0.25, 0.3) is 0 Å². The Bertz CT molecular complexity index is 1300. The van der Waals surface area contributed by atoms with E-state index in [-0.39, 0.29) is 12.1 Å². The minimum absolute atomic E-state index is 0.0455. The van der Waals surface area contributed by atoms with Crippen LogP contribution in [0.15, 0.2) is 65.0 Å². The number of hydrogen-bond donors (Lipinski definition) is 1. The van der Waals surface area contributed by atoms with E-state index >= 15 is 0 Å². The molecule has 0 radical (unpaired) electrons. The van der Waals surface area contributed by atoms with E-state index in [1.54, 1.807) is 4.68 Å². The van der Waals surface area contributed by atoms with Crippen molar-refractivity contribution in [2.75, 3.05) is 11.9 Å². The van der Waals surface area contributed by atoms with Crippen molar-refractivity contribution in [2.24, 2.45) is 0 Å². The number of esters is 1. The zero-order valence-electron chi connectivity index (χ0n) is 21.1. The molecule has 194 valence electrons. The van der Waals surface area contributed by atoms with E-state index in [0.29, 0.717) is 34.1 Å². The number of rotatable bonds is 8. The van der Waals surface area contributed by atoms with Crippen molar-refractivity contribution in [3.05, 3.63) is 76.0 Å². The van der Waals surface area contributed by atoms with Crippen molar-refractivity contribution in [2.45, 2.75) is 69.0 Å². The van der Waals surface area contributed by atoms with Gasteiger partial charge in [-0.15, -0.1) is 5.10 Å². The molecule has 7 nitrogen and oxygen atoms in total. The van der Waals surface area contributed by atoms with Gasteiger partial charge in [-0.3, -0.25) is 0 Å². The Kier molecular flexibility index (Phi) is 8.05. The fraction of sp³-hybridized carbons (Fsp3) is 0.393. The predicted molar refractivity (Wildman–Crippen MR) is 146 cm³/mol. The molecule has 1 fully saturated rings. The van der Waals surface area contributed by atoms with Crippen molar-refractivity contribution >= 4 is 35.3 Å². The molecule has 1 saturated carbocycles. The number of ether oxygens (including phenoxy) is 2. The quantitative estimate of drug-likeness (QED) is 0.250. The Balaban J connectivity index is 1.48. The van der Waals surface area contributed by atoms with Crippen molar-refractivity contribution < 1.29 is 14.3 Å². The summed E-state index contributed by atoms with van der Waals surface area (Å²) in [5, 5.41) is 9.43. The van der Waals surface area contributed by atoms with E-state index in [0.717, 1.165) is 48.3 Å². The maximum atomic E-state index is 13.6. The van der Waals surface area contributed by atoms with Gasteiger partial charge in [-0.25, -0.2) is 9.48 Å². The van der Waals surface area contributed by atoms with Crippen molar-refractivity contribution in [3.8, 4) is 5.75 Å². The molecule has 1 aromatic heterocycles. The molecule has 37 heavy (non-hydrogen) atoms. The van der Waals surface area contributed by atoms with Crippen LogP contribution in [-0.2, 0) is 15.3 Å². The van der Waals surface area contributed by atoms with Gasteiger partial charge in [0, 0.05) is 16.5 Å². The molecule has 1 N–H and O–H groups in total.